The molecule has 0 saturated heterocycles. The SMILES string of the molecule is CCCOc1cc2cc(Cc3c(C)nc(NCc4cc(OC)cc(OC)c4)nc3NC(CC)CCCO)oc2cn1. The summed E-state index contributed by atoms with van der Waals surface area (Å²) in [5.74, 6) is 4.08. The number of fused-ring (bicyclic) bond motifs is 1. The van der Waals surface area contributed by atoms with E-state index in [0.717, 1.165) is 64.5 Å². The van der Waals surface area contributed by atoms with Gasteiger partial charge < -0.3 is 34.4 Å². The first-order valence-electron chi connectivity index (χ1n) is 14.2. The zero-order valence-electron chi connectivity index (χ0n) is 24.6. The molecule has 0 bridgehead atoms. The van der Waals surface area contributed by atoms with Crippen molar-refractivity contribution in [3.63, 3.8) is 0 Å². The molecular formula is C31H41N5O5. The standard InChI is InChI=1S/C31H41N5O5/c1-6-11-40-29-15-22-14-26(41-28(22)19-32-29)17-27-20(3)34-31(36-30(27)35-23(7-2)9-8-10-37)33-18-21-12-24(38-4)16-25(13-21)39-5/h12-16,19,23,37H,6-11,17-18H2,1-5H3,(H2,33,34,35,36). The number of benzene rings is 1. The van der Waals surface area contributed by atoms with Crippen molar-refractivity contribution >= 4 is 22.7 Å². The van der Waals surface area contributed by atoms with E-state index in [0.29, 0.717) is 43.4 Å². The lowest BCUT2D eigenvalue weighted by Crippen LogP contribution is -2.22. The summed E-state index contributed by atoms with van der Waals surface area (Å²) in [6.07, 6.45) is 5.57. The highest BCUT2D eigenvalue weighted by Gasteiger charge is 2.18. The fraction of sp³-hybridized carbons (Fsp3) is 0.452. The third kappa shape index (κ3) is 8.00. The van der Waals surface area contributed by atoms with Gasteiger partial charge in [0.15, 0.2) is 5.58 Å². The van der Waals surface area contributed by atoms with Gasteiger partial charge in [0.2, 0.25) is 11.8 Å². The molecule has 0 aliphatic heterocycles. The molecule has 10 heteroatoms. The van der Waals surface area contributed by atoms with Gasteiger partial charge in [0.05, 0.1) is 27.0 Å². The van der Waals surface area contributed by atoms with Crippen LogP contribution in [-0.2, 0) is 13.0 Å². The number of rotatable bonds is 16. The Labute approximate surface area is 241 Å². The summed E-state index contributed by atoms with van der Waals surface area (Å²) in [4.78, 5) is 14.0. The molecule has 3 aromatic heterocycles. The Morgan fingerprint density at radius 2 is 1.80 bits per heavy atom. The summed E-state index contributed by atoms with van der Waals surface area (Å²) < 4.78 is 22.6. The molecule has 0 fully saturated rings. The van der Waals surface area contributed by atoms with Crippen molar-refractivity contribution < 1.29 is 23.7 Å². The van der Waals surface area contributed by atoms with E-state index in [1.807, 2.05) is 37.3 Å². The maximum atomic E-state index is 9.40. The monoisotopic (exact) mass is 563 g/mol. The van der Waals surface area contributed by atoms with Crippen molar-refractivity contribution in [1.29, 1.82) is 0 Å². The largest absolute Gasteiger partial charge is 0.497 e. The molecule has 220 valence electrons. The normalized spacial score (nSPS) is 11.9. The zero-order valence-corrected chi connectivity index (χ0v) is 24.6. The van der Waals surface area contributed by atoms with Crippen molar-refractivity contribution in [1.82, 2.24) is 15.0 Å². The summed E-state index contributed by atoms with van der Waals surface area (Å²) in [6, 6.07) is 9.82. The van der Waals surface area contributed by atoms with Gasteiger partial charge in [0, 0.05) is 54.4 Å². The van der Waals surface area contributed by atoms with Crippen LogP contribution in [0.4, 0.5) is 11.8 Å². The summed E-state index contributed by atoms with van der Waals surface area (Å²) >= 11 is 0. The molecule has 3 N–H and O–H groups in total. The number of aromatic nitrogens is 3. The summed E-state index contributed by atoms with van der Waals surface area (Å²) in [6.45, 7) is 7.44. The lowest BCUT2D eigenvalue weighted by Gasteiger charge is -2.21. The van der Waals surface area contributed by atoms with Gasteiger partial charge in [-0.1, -0.05) is 13.8 Å². The van der Waals surface area contributed by atoms with Crippen LogP contribution in [0.2, 0.25) is 0 Å². The van der Waals surface area contributed by atoms with Crippen LogP contribution in [-0.4, -0.2) is 53.5 Å². The second-order valence-corrected chi connectivity index (χ2v) is 9.95. The molecule has 10 nitrogen and oxygen atoms in total. The van der Waals surface area contributed by atoms with E-state index >= 15 is 0 Å². The third-order valence-electron chi connectivity index (χ3n) is 6.86. The number of aliphatic hydroxyl groups excluding tert-OH is 1. The first-order chi connectivity index (χ1) is 20.0. The van der Waals surface area contributed by atoms with E-state index < -0.39 is 0 Å². The van der Waals surface area contributed by atoms with Gasteiger partial charge in [-0.25, -0.2) is 9.97 Å². The van der Waals surface area contributed by atoms with Crippen molar-refractivity contribution in [3.8, 4) is 17.4 Å². The fourth-order valence-corrected chi connectivity index (χ4v) is 4.59. The zero-order chi connectivity index (χ0) is 29.2. The van der Waals surface area contributed by atoms with Gasteiger partial charge in [-0.2, -0.15) is 4.98 Å². The molecule has 1 unspecified atom stereocenters. The van der Waals surface area contributed by atoms with Crippen molar-refractivity contribution in [2.75, 3.05) is 38.1 Å². The second kappa shape index (κ2) is 14.5. The molecule has 4 rings (SSSR count). The average Bonchev–Trinajstić information content (AvgIpc) is 3.40. The maximum Gasteiger partial charge on any atom is 0.225 e. The molecule has 0 spiro atoms. The van der Waals surface area contributed by atoms with Crippen LogP contribution < -0.4 is 24.8 Å². The van der Waals surface area contributed by atoms with Crippen molar-refractivity contribution in [2.24, 2.45) is 0 Å². The Balaban J connectivity index is 1.61. The number of furan rings is 1. The first-order valence-corrected chi connectivity index (χ1v) is 14.2. The molecule has 0 aliphatic carbocycles. The van der Waals surface area contributed by atoms with Gasteiger partial charge >= 0.3 is 0 Å². The van der Waals surface area contributed by atoms with Gasteiger partial charge in [-0.15, -0.1) is 0 Å². The molecule has 41 heavy (non-hydrogen) atoms. The molecule has 0 radical (unpaired) electrons. The summed E-state index contributed by atoms with van der Waals surface area (Å²) in [5.41, 5.74) is 3.48. The van der Waals surface area contributed by atoms with Gasteiger partial charge in [-0.05, 0) is 56.4 Å². The van der Waals surface area contributed by atoms with E-state index in [2.05, 4.69) is 29.5 Å². The molecule has 1 atom stereocenters. The van der Waals surface area contributed by atoms with Crippen LogP contribution in [0, 0.1) is 6.92 Å². The number of anilines is 2. The highest BCUT2D eigenvalue weighted by atomic mass is 16.5. The van der Waals surface area contributed by atoms with Crippen molar-refractivity contribution in [3.05, 3.63) is 59.1 Å². The Kier molecular flexibility index (Phi) is 10.6. The van der Waals surface area contributed by atoms with Gasteiger partial charge in [0.1, 0.15) is 23.1 Å². The highest BCUT2D eigenvalue weighted by Crippen LogP contribution is 2.29. The topological polar surface area (TPSA) is 124 Å². The van der Waals surface area contributed by atoms with Gasteiger partial charge in [-0.3, -0.25) is 0 Å². The molecule has 0 amide bonds. The van der Waals surface area contributed by atoms with E-state index in [9.17, 15) is 5.11 Å². The molecule has 3 heterocycles. The number of pyridine rings is 1. The highest BCUT2D eigenvalue weighted by molar-refractivity contribution is 5.78. The van der Waals surface area contributed by atoms with Crippen LogP contribution in [0.3, 0.4) is 0 Å². The van der Waals surface area contributed by atoms with Crippen LogP contribution in [0.1, 0.15) is 62.1 Å². The third-order valence-corrected chi connectivity index (χ3v) is 6.86. The maximum absolute atomic E-state index is 9.40. The minimum atomic E-state index is 0.154. The van der Waals surface area contributed by atoms with Gasteiger partial charge in [0.25, 0.3) is 0 Å². The average molecular weight is 564 g/mol. The van der Waals surface area contributed by atoms with E-state index in [1.165, 1.54) is 0 Å². The molecular weight excluding hydrogens is 522 g/mol. The van der Waals surface area contributed by atoms with Crippen LogP contribution in [0.25, 0.3) is 11.0 Å². The molecule has 4 aromatic rings. The predicted octanol–water partition coefficient (Wildman–Crippen LogP) is 5.90. The lowest BCUT2D eigenvalue weighted by molar-refractivity contribution is 0.280. The summed E-state index contributed by atoms with van der Waals surface area (Å²) in [5, 5.41) is 17.3. The number of aliphatic hydroxyl groups is 1. The Hall–Kier alpha value is -4.05. The number of hydrogen-bond donors (Lipinski definition) is 3. The van der Waals surface area contributed by atoms with E-state index in [4.69, 9.17) is 28.6 Å². The minimum Gasteiger partial charge on any atom is -0.497 e. The lowest BCUT2D eigenvalue weighted by atomic mass is 10.1. The smallest absolute Gasteiger partial charge is 0.225 e. The number of ether oxygens (including phenoxy) is 3. The Bertz CT molecular complexity index is 1400. The van der Waals surface area contributed by atoms with Crippen molar-refractivity contribution in [2.45, 2.75) is 65.5 Å². The molecule has 0 saturated carbocycles. The van der Waals surface area contributed by atoms with Crippen LogP contribution in [0.15, 0.2) is 40.9 Å². The fourth-order valence-electron chi connectivity index (χ4n) is 4.59. The quantitative estimate of drug-likeness (QED) is 0.152. The Morgan fingerprint density at radius 3 is 2.49 bits per heavy atom. The first kappa shape index (κ1) is 29.9. The summed E-state index contributed by atoms with van der Waals surface area (Å²) in [7, 11) is 3.27. The molecule has 1 aromatic carbocycles. The number of hydrogen-bond acceptors (Lipinski definition) is 10. The second-order valence-electron chi connectivity index (χ2n) is 9.95. The van der Waals surface area contributed by atoms with Crippen LogP contribution in [0.5, 0.6) is 17.4 Å². The number of methoxy groups -OCH3 is 2. The Morgan fingerprint density at radius 1 is 1.02 bits per heavy atom. The predicted molar refractivity (Wildman–Crippen MR) is 160 cm³/mol. The number of nitrogens with one attached hydrogen (secondary N) is 2. The molecule has 0 aliphatic rings. The number of aryl methyl sites for hydroxylation is 1. The number of nitrogens with zero attached hydrogens (tertiary/aromatic N) is 3. The van der Waals surface area contributed by atoms with Crippen LogP contribution >= 0.6 is 0 Å². The minimum absolute atomic E-state index is 0.154. The van der Waals surface area contributed by atoms with E-state index in [1.54, 1.807) is 20.4 Å². The van der Waals surface area contributed by atoms with E-state index in [-0.39, 0.29) is 12.6 Å².